The van der Waals surface area contributed by atoms with E-state index in [1.165, 1.54) is 0 Å². The molecular weight excluding hydrogens is 404 g/mol. The quantitative estimate of drug-likeness (QED) is 0.293. The predicted molar refractivity (Wildman–Crippen MR) is 122 cm³/mol. The summed E-state index contributed by atoms with van der Waals surface area (Å²) in [4.78, 5) is 18.2. The van der Waals surface area contributed by atoms with Gasteiger partial charge in [-0.15, -0.1) is 0 Å². The van der Waals surface area contributed by atoms with Gasteiger partial charge in [-0.25, -0.2) is 0 Å². The molecule has 0 bridgehead atoms. The Morgan fingerprint density at radius 1 is 1.16 bits per heavy atom. The molecule has 0 saturated heterocycles. The first-order valence-electron chi connectivity index (χ1n) is 10.7. The van der Waals surface area contributed by atoms with Crippen LogP contribution in [0.4, 0.5) is 0 Å². The molecule has 3 unspecified atom stereocenters. The van der Waals surface area contributed by atoms with E-state index in [0.29, 0.717) is 23.7 Å². The SMILES string of the molecule is CC(C)(C)CON=CC1C(C(=O)OC(C#N)c2cccc(Oc3ccccc3)c2)C1(C)C. The molecule has 0 aliphatic heterocycles. The van der Waals surface area contributed by atoms with Crippen molar-refractivity contribution in [2.45, 2.75) is 40.7 Å². The Morgan fingerprint density at radius 2 is 1.84 bits per heavy atom. The van der Waals surface area contributed by atoms with Crippen LogP contribution in [0.1, 0.15) is 46.3 Å². The lowest BCUT2D eigenvalue weighted by atomic mass is 9.99. The molecule has 0 N–H and O–H groups in total. The van der Waals surface area contributed by atoms with E-state index in [4.69, 9.17) is 14.3 Å². The molecule has 3 atom stereocenters. The first-order valence-corrected chi connectivity index (χ1v) is 10.7. The summed E-state index contributed by atoms with van der Waals surface area (Å²) in [6.45, 7) is 10.6. The number of para-hydroxylation sites is 1. The molecule has 1 saturated carbocycles. The van der Waals surface area contributed by atoms with Crippen LogP contribution in [-0.2, 0) is 14.4 Å². The Hall–Kier alpha value is -3.33. The normalized spacial score (nSPS) is 20.2. The van der Waals surface area contributed by atoms with E-state index < -0.39 is 12.1 Å². The minimum absolute atomic E-state index is 0.00746. The van der Waals surface area contributed by atoms with Crippen molar-refractivity contribution < 1.29 is 19.1 Å². The van der Waals surface area contributed by atoms with E-state index in [1.807, 2.05) is 44.2 Å². The molecule has 1 aliphatic carbocycles. The molecule has 0 radical (unpaired) electrons. The van der Waals surface area contributed by atoms with Gasteiger partial charge in [-0.3, -0.25) is 4.79 Å². The average Bonchev–Trinajstić information content (AvgIpc) is 3.30. The van der Waals surface area contributed by atoms with Crippen LogP contribution in [0.25, 0.3) is 0 Å². The van der Waals surface area contributed by atoms with Crippen LogP contribution in [0.3, 0.4) is 0 Å². The molecule has 2 aromatic rings. The summed E-state index contributed by atoms with van der Waals surface area (Å²) in [6.07, 6.45) is 0.654. The number of esters is 1. The van der Waals surface area contributed by atoms with Crippen LogP contribution in [0.15, 0.2) is 59.8 Å². The monoisotopic (exact) mass is 434 g/mol. The first kappa shape index (κ1) is 23.3. The lowest BCUT2D eigenvalue weighted by molar-refractivity contribution is -0.149. The van der Waals surface area contributed by atoms with Crippen LogP contribution in [-0.4, -0.2) is 18.8 Å². The van der Waals surface area contributed by atoms with Crippen LogP contribution in [0.2, 0.25) is 0 Å². The smallest absolute Gasteiger partial charge is 0.311 e. The third-order valence-corrected chi connectivity index (χ3v) is 5.45. The summed E-state index contributed by atoms with van der Waals surface area (Å²) in [5.74, 6) is 0.373. The van der Waals surface area contributed by atoms with E-state index in [-0.39, 0.29) is 22.7 Å². The largest absolute Gasteiger partial charge is 0.457 e. The molecule has 0 amide bonds. The van der Waals surface area contributed by atoms with Gasteiger partial charge in [-0.2, -0.15) is 5.26 Å². The van der Waals surface area contributed by atoms with Crippen LogP contribution in [0, 0.1) is 34.0 Å². The van der Waals surface area contributed by atoms with Gasteiger partial charge in [0.25, 0.3) is 0 Å². The highest BCUT2D eigenvalue weighted by Crippen LogP contribution is 2.58. The zero-order valence-electron chi connectivity index (χ0n) is 19.2. The second-order valence-corrected chi connectivity index (χ2v) is 9.85. The van der Waals surface area contributed by atoms with Crippen LogP contribution in [0.5, 0.6) is 11.5 Å². The summed E-state index contributed by atoms with van der Waals surface area (Å²) in [7, 11) is 0. The molecule has 6 nitrogen and oxygen atoms in total. The third kappa shape index (κ3) is 5.88. The highest BCUT2D eigenvalue weighted by Gasteiger charge is 2.62. The first-order chi connectivity index (χ1) is 15.1. The van der Waals surface area contributed by atoms with Gasteiger partial charge in [0.05, 0.1) is 5.92 Å². The van der Waals surface area contributed by atoms with Crippen molar-refractivity contribution >= 4 is 12.2 Å². The number of carbonyl (C=O) groups excluding carboxylic acids is 1. The van der Waals surface area contributed by atoms with Crippen molar-refractivity contribution in [1.29, 1.82) is 5.26 Å². The summed E-state index contributed by atoms with van der Waals surface area (Å²) in [6, 6.07) is 18.5. The number of carbonyl (C=O) groups is 1. The second-order valence-electron chi connectivity index (χ2n) is 9.85. The average molecular weight is 435 g/mol. The zero-order chi connectivity index (χ0) is 23.4. The molecule has 32 heavy (non-hydrogen) atoms. The van der Waals surface area contributed by atoms with E-state index in [1.54, 1.807) is 30.5 Å². The number of rotatable bonds is 8. The van der Waals surface area contributed by atoms with Crippen molar-refractivity contribution in [3.05, 3.63) is 60.2 Å². The predicted octanol–water partition coefficient (Wildman–Crippen LogP) is 5.91. The number of nitriles is 1. The van der Waals surface area contributed by atoms with Crippen LogP contribution >= 0.6 is 0 Å². The number of hydrogen-bond donors (Lipinski definition) is 0. The highest BCUT2D eigenvalue weighted by molar-refractivity contribution is 5.85. The Kier molecular flexibility index (Phi) is 6.88. The summed E-state index contributed by atoms with van der Waals surface area (Å²) in [5, 5.41) is 13.7. The van der Waals surface area contributed by atoms with Gasteiger partial charge in [0, 0.05) is 17.7 Å². The Morgan fingerprint density at radius 3 is 2.50 bits per heavy atom. The third-order valence-electron chi connectivity index (χ3n) is 5.45. The van der Waals surface area contributed by atoms with Gasteiger partial charge < -0.3 is 14.3 Å². The van der Waals surface area contributed by atoms with E-state index in [9.17, 15) is 10.1 Å². The van der Waals surface area contributed by atoms with Gasteiger partial charge in [0.1, 0.15) is 24.2 Å². The Bertz CT molecular complexity index is 1000. The Balaban J connectivity index is 1.63. The topological polar surface area (TPSA) is 80.9 Å². The van der Waals surface area contributed by atoms with E-state index in [0.717, 1.165) is 0 Å². The van der Waals surface area contributed by atoms with E-state index in [2.05, 4.69) is 32.0 Å². The van der Waals surface area contributed by atoms with Gasteiger partial charge >= 0.3 is 5.97 Å². The van der Waals surface area contributed by atoms with Crippen molar-refractivity contribution in [3.63, 3.8) is 0 Å². The summed E-state index contributed by atoms with van der Waals surface area (Å²) >= 11 is 0. The fraction of sp³-hybridized carbons (Fsp3) is 0.423. The van der Waals surface area contributed by atoms with Gasteiger partial charge in [0.15, 0.2) is 0 Å². The summed E-state index contributed by atoms with van der Waals surface area (Å²) < 4.78 is 11.4. The van der Waals surface area contributed by atoms with Crippen LogP contribution < -0.4 is 4.74 Å². The molecule has 0 heterocycles. The molecule has 0 aromatic heterocycles. The lowest BCUT2D eigenvalue weighted by Gasteiger charge is -2.15. The Labute approximate surface area is 189 Å². The maximum absolute atomic E-state index is 12.8. The minimum atomic E-state index is -1.02. The number of oxime groups is 1. The number of hydrogen-bond acceptors (Lipinski definition) is 6. The number of ether oxygens (including phenoxy) is 2. The molecule has 6 heteroatoms. The lowest BCUT2D eigenvalue weighted by Crippen LogP contribution is -2.15. The van der Waals surface area contributed by atoms with Crippen molar-refractivity contribution in [3.8, 4) is 17.6 Å². The second kappa shape index (κ2) is 9.44. The molecule has 0 spiro atoms. The molecular formula is C26H30N2O4. The van der Waals surface area contributed by atoms with Crippen molar-refractivity contribution in [2.75, 3.05) is 6.61 Å². The molecule has 2 aromatic carbocycles. The molecule has 168 valence electrons. The van der Waals surface area contributed by atoms with Gasteiger partial charge in [0.2, 0.25) is 6.10 Å². The fourth-order valence-electron chi connectivity index (χ4n) is 3.47. The highest BCUT2D eigenvalue weighted by atomic mass is 16.6. The maximum Gasteiger partial charge on any atom is 0.311 e. The standard InChI is InChI=1S/C26H30N2O4/c1-25(2,3)17-30-28-16-21-23(26(21,4)5)24(29)32-22(15-27)18-10-9-13-20(14-18)31-19-11-7-6-8-12-19/h6-14,16,21-23H,17H2,1-5H3. The van der Waals surface area contributed by atoms with E-state index >= 15 is 0 Å². The zero-order valence-corrected chi connectivity index (χ0v) is 19.2. The van der Waals surface area contributed by atoms with Crippen molar-refractivity contribution in [1.82, 2.24) is 0 Å². The maximum atomic E-state index is 12.8. The van der Waals surface area contributed by atoms with Gasteiger partial charge in [-0.1, -0.05) is 70.1 Å². The number of benzene rings is 2. The molecule has 1 aliphatic rings. The molecule has 1 fully saturated rings. The number of nitrogens with zero attached hydrogens (tertiary/aromatic N) is 2. The fourth-order valence-corrected chi connectivity index (χ4v) is 3.47. The molecule has 3 rings (SSSR count). The van der Waals surface area contributed by atoms with Gasteiger partial charge in [-0.05, 0) is 35.1 Å². The van der Waals surface area contributed by atoms with Crippen molar-refractivity contribution in [2.24, 2.45) is 27.8 Å². The summed E-state index contributed by atoms with van der Waals surface area (Å²) in [5.41, 5.74) is 0.267. The minimum Gasteiger partial charge on any atom is -0.457 e.